The number of hydrogen-bond donors (Lipinski definition) is 1. The average Bonchev–Trinajstić information content (AvgIpc) is 2.62. The van der Waals surface area contributed by atoms with E-state index in [9.17, 15) is 10.1 Å². The summed E-state index contributed by atoms with van der Waals surface area (Å²) in [5, 5.41) is 20.4. The van der Waals surface area contributed by atoms with E-state index >= 15 is 0 Å². The maximum absolute atomic E-state index is 11.2. The number of pyridine rings is 1. The van der Waals surface area contributed by atoms with Crippen molar-refractivity contribution in [1.82, 2.24) is 4.98 Å². The van der Waals surface area contributed by atoms with Crippen molar-refractivity contribution in [3.63, 3.8) is 0 Å². The Balaban J connectivity index is 1.81. The Kier molecular flexibility index (Phi) is 4.39. The summed E-state index contributed by atoms with van der Waals surface area (Å²) in [5.74, 6) is 0.485. The molecule has 0 bridgehead atoms. The second-order valence-corrected chi connectivity index (χ2v) is 5.92. The van der Waals surface area contributed by atoms with Crippen LogP contribution in [0.5, 0.6) is 0 Å². The summed E-state index contributed by atoms with van der Waals surface area (Å²) in [5.41, 5.74) is 8.25. The van der Waals surface area contributed by atoms with Gasteiger partial charge in [-0.05, 0) is 25.1 Å². The lowest BCUT2D eigenvalue weighted by atomic mass is 10.1. The first-order valence-electron chi connectivity index (χ1n) is 7.90. The fraction of sp³-hybridized carbons (Fsp3) is 0.294. The highest BCUT2D eigenvalue weighted by Gasteiger charge is 2.23. The lowest BCUT2D eigenvalue weighted by molar-refractivity contribution is -0.385. The first-order chi connectivity index (χ1) is 12.0. The summed E-state index contributed by atoms with van der Waals surface area (Å²) in [6.45, 7) is 4.66. The van der Waals surface area contributed by atoms with Gasteiger partial charge in [0, 0.05) is 37.9 Å². The highest BCUT2D eigenvalue weighted by molar-refractivity contribution is 5.66. The average molecular weight is 338 g/mol. The van der Waals surface area contributed by atoms with Crippen LogP contribution in [0, 0.1) is 28.4 Å². The van der Waals surface area contributed by atoms with Crippen molar-refractivity contribution in [2.45, 2.75) is 6.92 Å². The van der Waals surface area contributed by atoms with Crippen molar-refractivity contribution in [3.8, 4) is 6.07 Å². The molecule has 0 aliphatic carbocycles. The summed E-state index contributed by atoms with van der Waals surface area (Å²) in [6, 6.07) is 8.77. The van der Waals surface area contributed by atoms with Crippen LogP contribution in [0.25, 0.3) is 0 Å². The number of nitrogens with two attached hydrogens (primary N) is 1. The smallest absolute Gasteiger partial charge is 0.275 e. The first kappa shape index (κ1) is 16.5. The van der Waals surface area contributed by atoms with E-state index in [2.05, 4.69) is 14.8 Å². The van der Waals surface area contributed by atoms with Gasteiger partial charge in [-0.3, -0.25) is 10.1 Å². The van der Waals surface area contributed by atoms with Crippen molar-refractivity contribution in [2.75, 3.05) is 41.7 Å². The molecule has 0 saturated carbocycles. The minimum absolute atomic E-state index is 0.0146. The highest BCUT2D eigenvalue weighted by Crippen LogP contribution is 2.31. The van der Waals surface area contributed by atoms with E-state index in [-0.39, 0.29) is 5.69 Å². The highest BCUT2D eigenvalue weighted by atomic mass is 16.6. The van der Waals surface area contributed by atoms with Crippen LogP contribution >= 0.6 is 0 Å². The van der Waals surface area contributed by atoms with Crippen molar-refractivity contribution in [3.05, 3.63) is 51.7 Å². The quantitative estimate of drug-likeness (QED) is 0.673. The molecule has 8 heteroatoms. The van der Waals surface area contributed by atoms with Crippen LogP contribution in [-0.4, -0.2) is 36.1 Å². The predicted octanol–water partition coefficient (Wildman–Crippen LogP) is 2.08. The Morgan fingerprint density at radius 2 is 1.92 bits per heavy atom. The SMILES string of the molecule is Cc1c(N2CCN(c3ccc(N)nc3)CC2)cc(C#N)cc1[N+](=O)[O-]. The number of rotatable bonds is 3. The number of benzene rings is 1. The molecule has 0 amide bonds. The van der Waals surface area contributed by atoms with Gasteiger partial charge in [0.1, 0.15) is 5.82 Å². The molecule has 2 N–H and O–H groups in total. The molecular formula is C17H18N6O2. The molecule has 0 radical (unpaired) electrons. The molecule has 128 valence electrons. The molecule has 2 heterocycles. The van der Waals surface area contributed by atoms with Gasteiger partial charge < -0.3 is 15.5 Å². The van der Waals surface area contributed by atoms with Crippen LogP contribution < -0.4 is 15.5 Å². The van der Waals surface area contributed by atoms with Crippen LogP contribution in [0.2, 0.25) is 0 Å². The zero-order chi connectivity index (χ0) is 18.0. The molecule has 2 aromatic rings. The minimum atomic E-state index is -0.435. The lowest BCUT2D eigenvalue weighted by Gasteiger charge is -2.37. The third-order valence-electron chi connectivity index (χ3n) is 4.43. The molecule has 3 rings (SSSR count). The summed E-state index contributed by atoms with van der Waals surface area (Å²) in [7, 11) is 0. The molecule has 1 aliphatic rings. The van der Waals surface area contributed by atoms with E-state index in [0.29, 0.717) is 30.0 Å². The normalized spacial score (nSPS) is 14.2. The van der Waals surface area contributed by atoms with Crippen LogP contribution in [-0.2, 0) is 0 Å². The number of nitrogen functional groups attached to an aromatic ring is 1. The third kappa shape index (κ3) is 3.30. The zero-order valence-electron chi connectivity index (χ0n) is 13.8. The second-order valence-electron chi connectivity index (χ2n) is 5.92. The van der Waals surface area contributed by atoms with Gasteiger partial charge in [-0.25, -0.2) is 4.98 Å². The topological polar surface area (TPSA) is 112 Å². The maximum Gasteiger partial charge on any atom is 0.275 e. The summed E-state index contributed by atoms with van der Waals surface area (Å²) >= 11 is 0. The molecule has 1 saturated heterocycles. The zero-order valence-corrected chi connectivity index (χ0v) is 13.8. The van der Waals surface area contributed by atoms with E-state index < -0.39 is 4.92 Å². The molecule has 8 nitrogen and oxygen atoms in total. The number of piperazine rings is 1. The fourth-order valence-corrected chi connectivity index (χ4v) is 3.06. The van der Waals surface area contributed by atoms with Gasteiger partial charge in [-0.1, -0.05) is 0 Å². The van der Waals surface area contributed by atoms with Crippen molar-refractivity contribution < 1.29 is 4.92 Å². The van der Waals surface area contributed by atoms with Crippen molar-refractivity contribution in [1.29, 1.82) is 5.26 Å². The summed E-state index contributed by atoms with van der Waals surface area (Å²) < 4.78 is 0. The van der Waals surface area contributed by atoms with E-state index in [4.69, 9.17) is 11.0 Å². The van der Waals surface area contributed by atoms with Gasteiger partial charge in [0.05, 0.1) is 34.0 Å². The van der Waals surface area contributed by atoms with Crippen LogP contribution in [0.1, 0.15) is 11.1 Å². The van der Waals surface area contributed by atoms with E-state index in [1.165, 1.54) is 6.07 Å². The first-order valence-corrected chi connectivity index (χ1v) is 7.90. The van der Waals surface area contributed by atoms with Gasteiger partial charge in [-0.2, -0.15) is 5.26 Å². The van der Waals surface area contributed by atoms with Gasteiger partial charge >= 0.3 is 0 Å². The van der Waals surface area contributed by atoms with Crippen molar-refractivity contribution >= 4 is 22.9 Å². The van der Waals surface area contributed by atoms with Crippen LogP contribution in [0.4, 0.5) is 22.9 Å². The number of nitro groups is 1. The summed E-state index contributed by atoms with van der Waals surface area (Å²) in [4.78, 5) is 19.2. The van der Waals surface area contributed by atoms with Gasteiger partial charge in [-0.15, -0.1) is 0 Å². The molecule has 0 unspecified atom stereocenters. The number of anilines is 3. The largest absolute Gasteiger partial charge is 0.384 e. The molecule has 0 spiro atoms. The Morgan fingerprint density at radius 3 is 2.48 bits per heavy atom. The third-order valence-corrected chi connectivity index (χ3v) is 4.43. The fourth-order valence-electron chi connectivity index (χ4n) is 3.06. The Labute approximate surface area is 145 Å². The van der Waals surface area contributed by atoms with Crippen molar-refractivity contribution in [2.24, 2.45) is 0 Å². The van der Waals surface area contributed by atoms with E-state index in [0.717, 1.165) is 24.5 Å². The van der Waals surface area contributed by atoms with Crippen LogP contribution in [0.3, 0.4) is 0 Å². The number of nitro benzene ring substituents is 1. The second kappa shape index (κ2) is 6.65. The predicted molar refractivity (Wildman–Crippen MR) is 95.6 cm³/mol. The number of aromatic nitrogens is 1. The van der Waals surface area contributed by atoms with Gasteiger partial charge in [0.25, 0.3) is 5.69 Å². The lowest BCUT2D eigenvalue weighted by Crippen LogP contribution is -2.46. The molecular weight excluding hydrogens is 320 g/mol. The molecule has 1 aromatic carbocycles. The molecule has 1 fully saturated rings. The van der Waals surface area contributed by atoms with Gasteiger partial charge in [0.2, 0.25) is 0 Å². The van der Waals surface area contributed by atoms with Crippen LogP contribution in [0.15, 0.2) is 30.5 Å². The Morgan fingerprint density at radius 1 is 1.24 bits per heavy atom. The monoisotopic (exact) mass is 338 g/mol. The van der Waals surface area contributed by atoms with Gasteiger partial charge in [0.15, 0.2) is 0 Å². The molecule has 1 aliphatic heterocycles. The standard InChI is InChI=1S/C17H18N6O2/c1-12-15(8-13(10-18)9-16(12)23(24)25)22-6-4-21(5-7-22)14-2-3-17(19)20-11-14/h2-3,8-9,11H,4-7H2,1H3,(H2,19,20). The minimum Gasteiger partial charge on any atom is -0.384 e. The summed E-state index contributed by atoms with van der Waals surface area (Å²) in [6.07, 6.45) is 1.75. The molecule has 1 aromatic heterocycles. The number of nitriles is 1. The maximum atomic E-state index is 11.2. The number of nitrogens with zero attached hydrogens (tertiary/aromatic N) is 5. The van der Waals surface area contributed by atoms with E-state index in [1.54, 1.807) is 25.3 Å². The van der Waals surface area contributed by atoms with E-state index in [1.807, 2.05) is 12.1 Å². The molecule has 25 heavy (non-hydrogen) atoms. The Hall–Kier alpha value is -3.34. The number of hydrogen-bond acceptors (Lipinski definition) is 7. The molecule has 0 atom stereocenters. The Bertz CT molecular complexity index is 835.